The van der Waals surface area contributed by atoms with Crippen LogP contribution in [0.1, 0.15) is 12.7 Å². The van der Waals surface area contributed by atoms with Gasteiger partial charge in [0.05, 0.1) is 16.6 Å². The van der Waals surface area contributed by atoms with E-state index in [9.17, 15) is 0 Å². The van der Waals surface area contributed by atoms with Crippen LogP contribution in [-0.2, 0) is 6.42 Å². The first-order valence-electron chi connectivity index (χ1n) is 16.1. The van der Waals surface area contributed by atoms with Gasteiger partial charge in [0.2, 0.25) is 0 Å². The van der Waals surface area contributed by atoms with Crippen LogP contribution in [0.4, 0.5) is 0 Å². The lowest BCUT2D eigenvalue weighted by Gasteiger charge is -2.15. The highest BCUT2D eigenvalue weighted by molar-refractivity contribution is 6.23. The Morgan fingerprint density at radius 1 is 0.553 bits per heavy atom. The van der Waals surface area contributed by atoms with E-state index in [2.05, 4.69) is 120 Å². The molecular weight excluding hydrogens is 573 g/mol. The lowest BCUT2D eigenvalue weighted by molar-refractivity contribution is 0.948. The average Bonchev–Trinajstić information content (AvgIpc) is 3.65. The van der Waals surface area contributed by atoms with Crippen molar-refractivity contribution in [2.75, 3.05) is 0 Å². The zero-order valence-electron chi connectivity index (χ0n) is 25.9. The Hall–Kier alpha value is -6.13. The summed E-state index contributed by atoms with van der Waals surface area (Å²) in [5.41, 5.74) is 7.90. The van der Waals surface area contributed by atoms with Gasteiger partial charge in [-0.05, 0) is 41.0 Å². The van der Waals surface area contributed by atoms with Crippen molar-refractivity contribution in [2.24, 2.45) is 0 Å². The number of nitrogens with zero attached hydrogens (tertiary/aromatic N) is 4. The third-order valence-corrected chi connectivity index (χ3v) is 9.14. The van der Waals surface area contributed by atoms with Gasteiger partial charge in [-0.25, -0.2) is 15.0 Å². The molecule has 0 spiro atoms. The Kier molecular flexibility index (Phi) is 6.39. The zero-order valence-corrected chi connectivity index (χ0v) is 25.9. The molecule has 0 fully saturated rings. The van der Waals surface area contributed by atoms with E-state index in [4.69, 9.17) is 15.0 Å². The van der Waals surface area contributed by atoms with Crippen LogP contribution in [0, 0.1) is 0 Å². The number of hydrogen-bond acceptors (Lipinski definition) is 3. The predicted molar refractivity (Wildman–Crippen MR) is 196 cm³/mol. The average molecular weight is 603 g/mol. The Morgan fingerprint density at radius 3 is 2.13 bits per heavy atom. The Bertz CT molecular complexity index is 2660. The molecule has 0 radical (unpaired) electrons. The second kappa shape index (κ2) is 11.0. The molecule has 0 saturated carbocycles. The topological polar surface area (TPSA) is 43.1 Å². The van der Waals surface area contributed by atoms with Crippen molar-refractivity contribution in [3.8, 4) is 33.9 Å². The normalized spacial score (nSPS) is 12.3. The summed E-state index contributed by atoms with van der Waals surface area (Å²) in [5, 5.41) is 7.36. The van der Waals surface area contributed by atoms with E-state index in [1.54, 1.807) is 0 Å². The summed E-state index contributed by atoms with van der Waals surface area (Å²) in [6, 6.07) is 45.4. The molecule has 47 heavy (non-hydrogen) atoms. The van der Waals surface area contributed by atoms with E-state index >= 15 is 0 Å². The number of rotatable bonds is 6. The summed E-state index contributed by atoms with van der Waals surface area (Å²) < 4.78 is 2.44. The van der Waals surface area contributed by atoms with Crippen LogP contribution in [0.15, 0.2) is 152 Å². The molecule has 4 heteroatoms. The van der Waals surface area contributed by atoms with Crippen LogP contribution < -0.4 is 0 Å². The zero-order chi connectivity index (χ0) is 31.3. The van der Waals surface area contributed by atoms with Crippen molar-refractivity contribution in [3.63, 3.8) is 0 Å². The first-order chi connectivity index (χ1) is 23.3. The summed E-state index contributed by atoms with van der Waals surface area (Å²) in [6.07, 6.45) is 8.78. The molecule has 4 nitrogen and oxygen atoms in total. The molecule has 0 bridgehead atoms. The minimum Gasteiger partial charge on any atom is -0.308 e. The number of para-hydroxylation sites is 2. The van der Waals surface area contributed by atoms with Gasteiger partial charge in [-0.3, -0.25) is 0 Å². The van der Waals surface area contributed by atoms with E-state index in [0.29, 0.717) is 18.1 Å². The SMILES string of the molecule is C/C=C\C=C/Cc1nc(-c2ccccc2)nc(-c2c(-c3ccc4c5cccc6c7ccccc7n(c4c3)c65)ccc3ccccc23)n1. The van der Waals surface area contributed by atoms with Gasteiger partial charge >= 0.3 is 0 Å². The van der Waals surface area contributed by atoms with Gasteiger partial charge in [0, 0.05) is 39.1 Å². The molecule has 0 unspecified atom stereocenters. The van der Waals surface area contributed by atoms with Crippen molar-refractivity contribution in [1.29, 1.82) is 0 Å². The molecule has 3 heterocycles. The van der Waals surface area contributed by atoms with E-state index in [1.807, 2.05) is 43.4 Å². The fourth-order valence-electron chi connectivity index (χ4n) is 7.05. The van der Waals surface area contributed by atoms with E-state index < -0.39 is 0 Å². The smallest absolute Gasteiger partial charge is 0.164 e. The number of hydrogen-bond donors (Lipinski definition) is 0. The van der Waals surface area contributed by atoms with Crippen molar-refractivity contribution >= 4 is 48.9 Å². The summed E-state index contributed by atoms with van der Waals surface area (Å²) in [4.78, 5) is 15.2. The third kappa shape index (κ3) is 4.41. The van der Waals surface area contributed by atoms with Crippen LogP contribution in [0.25, 0.3) is 82.8 Å². The van der Waals surface area contributed by atoms with Gasteiger partial charge in [0.15, 0.2) is 11.6 Å². The number of fused-ring (bicyclic) bond motifs is 7. The molecule has 0 amide bonds. The quantitative estimate of drug-likeness (QED) is 0.178. The molecule has 0 N–H and O–H groups in total. The van der Waals surface area contributed by atoms with Crippen LogP contribution in [0.3, 0.4) is 0 Å². The van der Waals surface area contributed by atoms with Gasteiger partial charge in [0.25, 0.3) is 0 Å². The van der Waals surface area contributed by atoms with Crippen molar-refractivity contribution in [1.82, 2.24) is 19.4 Å². The molecule has 0 saturated heterocycles. The predicted octanol–water partition coefficient (Wildman–Crippen LogP) is 10.9. The van der Waals surface area contributed by atoms with Gasteiger partial charge in [-0.1, -0.05) is 140 Å². The first kappa shape index (κ1) is 27.2. The maximum Gasteiger partial charge on any atom is 0.164 e. The Labute approximate surface area is 272 Å². The monoisotopic (exact) mass is 602 g/mol. The maximum atomic E-state index is 5.16. The van der Waals surface area contributed by atoms with Crippen LogP contribution in [0.5, 0.6) is 0 Å². The fourth-order valence-corrected chi connectivity index (χ4v) is 7.05. The molecule has 0 aliphatic carbocycles. The van der Waals surface area contributed by atoms with Gasteiger partial charge < -0.3 is 4.40 Å². The number of aromatic nitrogens is 4. The standard InChI is InChI=1S/C43H30N4/c1-2-3-4-8-22-39-44-42(29-15-6-5-7-16-29)46-43(45-39)40-31-17-10-9-14-28(31)23-25-32(40)30-24-26-34-36-20-13-19-35-33-18-11-12-21-37(33)47(41(35)36)38(34)27-30/h2-21,23-27H,22H2,1H3/b3-2-,8-4-. The molecule has 222 valence electrons. The van der Waals surface area contributed by atoms with E-state index in [-0.39, 0.29) is 0 Å². The number of allylic oxidation sites excluding steroid dienone is 4. The molecule has 9 aromatic rings. The second-order valence-corrected chi connectivity index (χ2v) is 11.9. The van der Waals surface area contributed by atoms with Gasteiger partial charge in [-0.2, -0.15) is 0 Å². The van der Waals surface area contributed by atoms with Gasteiger partial charge in [-0.15, -0.1) is 0 Å². The second-order valence-electron chi connectivity index (χ2n) is 11.9. The summed E-state index contributed by atoms with van der Waals surface area (Å²) in [6.45, 7) is 2.01. The molecule has 3 aromatic heterocycles. The first-order valence-corrected chi connectivity index (χ1v) is 16.1. The molecule has 0 aliphatic heterocycles. The lowest BCUT2D eigenvalue weighted by Crippen LogP contribution is -2.03. The van der Waals surface area contributed by atoms with E-state index in [0.717, 1.165) is 38.9 Å². The largest absolute Gasteiger partial charge is 0.308 e. The van der Waals surface area contributed by atoms with Crippen LogP contribution >= 0.6 is 0 Å². The van der Waals surface area contributed by atoms with Gasteiger partial charge in [0.1, 0.15) is 5.82 Å². The Morgan fingerprint density at radius 2 is 1.28 bits per heavy atom. The molecule has 0 aliphatic rings. The van der Waals surface area contributed by atoms with Crippen LogP contribution in [-0.4, -0.2) is 19.4 Å². The maximum absolute atomic E-state index is 5.16. The highest BCUT2D eigenvalue weighted by atomic mass is 15.0. The molecular formula is C43H30N4. The fraction of sp³-hybridized carbons (Fsp3) is 0.0465. The summed E-state index contributed by atoms with van der Waals surface area (Å²) in [7, 11) is 0. The molecule has 9 rings (SSSR count). The molecule has 0 atom stereocenters. The van der Waals surface area contributed by atoms with Crippen molar-refractivity contribution in [3.05, 3.63) is 158 Å². The minimum absolute atomic E-state index is 0.605. The van der Waals surface area contributed by atoms with Crippen LogP contribution in [0.2, 0.25) is 0 Å². The highest BCUT2D eigenvalue weighted by Gasteiger charge is 2.20. The van der Waals surface area contributed by atoms with E-state index in [1.165, 1.54) is 38.1 Å². The Balaban J connectivity index is 1.32. The summed E-state index contributed by atoms with van der Waals surface area (Å²) in [5.74, 6) is 2.09. The number of benzene rings is 6. The minimum atomic E-state index is 0.605. The lowest BCUT2D eigenvalue weighted by atomic mass is 9.93. The highest BCUT2D eigenvalue weighted by Crippen LogP contribution is 2.42. The van der Waals surface area contributed by atoms with Crippen molar-refractivity contribution in [2.45, 2.75) is 13.3 Å². The summed E-state index contributed by atoms with van der Waals surface area (Å²) >= 11 is 0. The molecule has 6 aromatic carbocycles. The third-order valence-electron chi connectivity index (χ3n) is 9.14. The van der Waals surface area contributed by atoms with Crippen molar-refractivity contribution < 1.29 is 0 Å².